The molecule has 0 saturated heterocycles. The average molecular weight is 218 g/mol. The topological polar surface area (TPSA) is 56.7 Å². The van der Waals surface area contributed by atoms with E-state index in [1.54, 1.807) is 0 Å². The van der Waals surface area contributed by atoms with E-state index in [2.05, 4.69) is 36.3 Å². The van der Waals surface area contributed by atoms with Crippen LogP contribution in [-0.2, 0) is 6.42 Å². The zero-order valence-electron chi connectivity index (χ0n) is 10.0. The highest BCUT2D eigenvalue weighted by atomic mass is 15.4. The number of nitrogens with zero attached hydrogens (tertiary/aromatic N) is 3. The van der Waals surface area contributed by atoms with Crippen LogP contribution in [0.5, 0.6) is 0 Å². The molecule has 0 aliphatic heterocycles. The molecule has 0 aliphatic rings. The van der Waals surface area contributed by atoms with Crippen LogP contribution in [-0.4, -0.2) is 21.0 Å². The first kappa shape index (κ1) is 11.1. The zero-order chi connectivity index (χ0) is 11.7. The van der Waals surface area contributed by atoms with Gasteiger partial charge in [-0.2, -0.15) is 0 Å². The highest BCUT2D eigenvalue weighted by Gasteiger charge is 2.08. The monoisotopic (exact) mass is 218 g/mol. The highest BCUT2D eigenvalue weighted by Crippen LogP contribution is 2.17. The van der Waals surface area contributed by atoms with E-state index in [1.807, 2.05) is 17.7 Å². The summed E-state index contributed by atoms with van der Waals surface area (Å²) in [5.41, 5.74) is 9.08. The fourth-order valence-corrected chi connectivity index (χ4v) is 1.86. The number of nitrogens with two attached hydrogens (primary N) is 1. The Hall–Kier alpha value is -1.42. The van der Waals surface area contributed by atoms with Gasteiger partial charge in [0.15, 0.2) is 0 Å². The third-order valence-corrected chi connectivity index (χ3v) is 2.58. The quantitative estimate of drug-likeness (QED) is 0.856. The first-order valence-electron chi connectivity index (χ1n) is 5.67. The first-order chi connectivity index (χ1) is 7.58. The van der Waals surface area contributed by atoms with Crippen LogP contribution in [0.25, 0.3) is 11.0 Å². The molecule has 2 N–H and O–H groups in total. The van der Waals surface area contributed by atoms with Gasteiger partial charge in [0, 0.05) is 12.1 Å². The van der Waals surface area contributed by atoms with E-state index in [1.165, 1.54) is 5.56 Å². The molecule has 4 nitrogen and oxygen atoms in total. The minimum atomic E-state index is 0.181. The molecule has 0 amide bonds. The van der Waals surface area contributed by atoms with Gasteiger partial charge in [0.25, 0.3) is 0 Å². The van der Waals surface area contributed by atoms with Gasteiger partial charge in [0.1, 0.15) is 5.52 Å². The maximum atomic E-state index is 5.80. The number of fused-ring (bicyclic) bond motifs is 1. The summed E-state index contributed by atoms with van der Waals surface area (Å²) in [5, 5.41) is 8.29. The second-order valence-electron chi connectivity index (χ2n) is 4.63. The molecule has 0 radical (unpaired) electrons. The van der Waals surface area contributed by atoms with Crippen LogP contribution >= 0.6 is 0 Å². The van der Waals surface area contributed by atoms with Gasteiger partial charge in [-0.3, -0.25) is 0 Å². The summed E-state index contributed by atoms with van der Waals surface area (Å²) in [6.45, 7) is 6.22. The van der Waals surface area contributed by atoms with Crippen molar-refractivity contribution in [1.29, 1.82) is 0 Å². The Kier molecular flexibility index (Phi) is 2.92. The number of aromatic nitrogens is 3. The number of hydrogen-bond donors (Lipinski definition) is 1. The Morgan fingerprint density at radius 2 is 2.06 bits per heavy atom. The zero-order valence-corrected chi connectivity index (χ0v) is 10.0. The summed E-state index contributed by atoms with van der Waals surface area (Å²) >= 11 is 0. The van der Waals surface area contributed by atoms with Gasteiger partial charge in [-0.05, 0) is 44.9 Å². The molecule has 1 aromatic carbocycles. The first-order valence-corrected chi connectivity index (χ1v) is 5.67. The van der Waals surface area contributed by atoms with E-state index in [9.17, 15) is 0 Å². The Balaban J connectivity index is 2.46. The summed E-state index contributed by atoms with van der Waals surface area (Å²) in [5.74, 6) is 0. The van der Waals surface area contributed by atoms with Gasteiger partial charge in [-0.25, -0.2) is 4.68 Å². The molecule has 0 aliphatic carbocycles. The highest BCUT2D eigenvalue weighted by molar-refractivity contribution is 5.75. The molecule has 0 fully saturated rings. The second-order valence-corrected chi connectivity index (χ2v) is 4.63. The van der Waals surface area contributed by atoms with Crippen LogP contribution in [0.2, 0.25) is 0 Å². The lowest BCUT2D eigenvalue weighted by atomic mass is 10.1. The number of hydrogen-bond acceptors (Lipinski definition) is 3. The normalized spacial score (nSPS) is 13.6. The summed E-state index contributed by atoms with van der Waals surface area (Å²) in [6, 6.07) is 6.74. The third-order valence-electron chi connectivity index (χ3n) is 2.58. The van der Waals surface area contributed by atoms with Crippen molar-refractivity contribution in [3.05, 3.63) is 23.8 Å². The predicted molar refractivity (Wildman–Crippen MR) is 65.3 cm³/mol. The van der Waals surface area contributed by atoms with Gasteiger partial charge in [-0.15, -0.1) is 5.10 Å². The molecule has 4 heteroatoms. The summed E-state index contributed by atoms with van der Waals surface area (Å²) in [6.07, 6.45) is 0.888. The molecule has 1 unspecified atom stereocenters. The van der Waals surface area contributed by atoms with Crippen molar-refractivity contribution in [2.24, 2.45) is 5.73 Å². The minimum Gasteiger partial charge on any atom is -0.328 e. The lowest BCUT2D eigenvalue weighted by Gasteiger charge is -2.08. The van der Waals surface area contributed by atoms with Crippen LogP contribution in [0.15, 0.2) is 18.2 Å². The van der Waals surface area contributed by atoms with Crippen LogP contribution in [0, 0.1) is 0 Å². The van der Waals surface area contributed by atoms with E-state index < -0.39 is 0 Å². The predicted octanol–water partition coefficient (Wildman–Crippen LogP) is 1.90. The maximum absolute atomic E-state index is 5.80. The standard InChI is InChI=1S/C12H18N4/c1-8(2)16-12-7-10(6-9(3)13)4-5-11(12)14-15-16/h4-5,7-9H,6,13H2,1-3H3. The van der Waals surface area contributed by atoms with Crippen LogP contribution in [0.4, 0.5) is 0 Å². The molecule has 2 aromatic rings. The fourth-order valence-electron chi connectivity index (χ4n) is 1.86. The van der Waals surface area contributed by atoms with Gasteiger partial charge in [0.05, 0.1) is 5.52 Å². The molecule has 16 heavy (non-hydrogen) atoms. The third kappa shape index (κ3) is 2.07. The van der Waals surface area contributed by atoms with Gasteiger partial charge in [-0.1, -0.05) is 11.3 Å². The van der Waals surface area contributed by atoms with E-state index in [0.717, 1.165) is 17.5 Å². The Bertz CT molecular complexity index is 485. The van der Waals surface area contributed by atoms with E-state index in [4.69, 9.17) is 5.73 Å². The molecular formula is C12H18N4. The molecule has 1 aromatic heterocycles. The fraction of sp³-hybridized carbons (Fsp3) is 0.500. The summed E-state index contributed by atoms with van der Waals surface area (Å²) in [7, 11) is 0. The van der Waals surface area contributed by atoms with Crippen molar-refractivity contribution in [1.82, 2.24) is 15.0 Å². The largest absolute Gasteiger partial charge is 0.328 e. The Labute approximate surface area is 95.4 Å². The van der Waals surface area contributed by atoms with Crippen LogP contribution in [0.1, 0.15) is 32.4 Å². The molecule has 0 bridgehead atoms. The summed E-state index contributed by atoms with van der Waals surface area (Å²) in [4.78, 5) is 0. The molecule has 2 rings (SSSR count). The van der Waals surface area contributed by atoms with Crippen molar-refractivity contribution in [2.75, 3.05) is 0 Å². The molecule has 1 heterocycles. The van der Waals surface area contributed by atoms with E-state index >= 15 is 0 Å². The average Bonchev–Trinajstić information content (AvgIpc) is 2.59. The molecular weight excluding hydrogens is 200 g/mol. The molecule has 86 valence electrons. The van der Waals surface area contributed by atoms with E-state index in [0.29, 0.717) is 6.04 Å². The number of rotatable bonds is 3. The van der Waals surface area contributed by atoms with Gasteiger partial charge < -0.3 is 5.73 Å². The van der Waals surface area contributed by atoms with Gasteiger partial charge in [0.2, 0.25) is 0 Å². The van der Waals surface area contributed by atoms with Crippen LogP contribution in [0.3, 0.4) is 0 Å². The van der Waals surface area contributed by atoms with Crippen molar-refractivity contribution in [3.63, 3.8) is 0 Å². The maximum Gasteiger partial charge on any atom is 0.113 e. The van der Waals surface area contributed by atoms with Crippen molar-refractivity contribution >= 4 is 11.0 Å². The SMILES string of the molecule is CC(N)Cc1ccc2nnn(C(C)C)c2c1. The lowest BCUT2D eigenvalue weighted by Crippen LogP contribution is -2.17. The van der Waals surface area contributed by atoms with E-state index in [-0.39, 0.29) is 6.04 Å². The minimum absolute atomic E-state index is 0.181. The smallest absolute Gasteiger partial charge is 0.113 e. The van der Waals surface area contributed by atoms with Crippen molar-refractivity contribution in [3.8, 4) is 0 Å². The molecule has 1 atom stereocenters. The van der Waals surface area contributed by atoms with Crippen molar-refractivity contribution in [2.45, 2.75) is 39.3 Å². The van der Waals surface area contributed by atoms with Crippen LogP contribution < -0.4 is 5.73 Å². The lowest BCUT2D eigenvalue weighted by molar-refractivity contribution is 0.530. The van der Waals surface area contributed by atoms with Crippen molar-refractivity contribution < 1.29 is 0 Å². The molecule has 0 spiro atoms. The molecule has 0 saturated carbocycles. The second kappa shape index (κ2) is 4.22. The van der Waals surface area contributed by atoms with Gasteiger partial charge >= 0.3 is 0 Å². The Morgan fingerprint density at radius 1 is 1.31 bits per heavy atom. The summed E-state index contributed by atoms with van der Waals surface area (Å²) < 4.78 is 1.94. The Morgan fingerprint density at radius 3 is 2.69 bits per heavy atom. The number of benzene rings is 1.